The van der Waals surface area contributed by atoms with E-state index in [1.165, 1.54) is 10.6 Å². The molecule has 0 unspecified atom stereocenters. The van der Waals surface area contributed by atoms with Crippen molar-refractivity contribution in [2.45, 2.75) is 19.8 Å². The molecule has 4 rings (SSSR count). The monoisotopic (exact) mass is 508 g/mol. The van der Waals surface area contributed by atoms with E-state index in [2.05, 4.69) is 26.0 Å². The third-order valence-electron chi connectivity index (χ3n) is 5.65. The molecule has 0 bridgehead atoms. The van der Waals surface area contributed by atoms with Gasteiger partial charge in [0.15, 0.2) is 11.5 Å². The van der Waals surface area contributed by atoms with E-state index in [4.69, 9.17) is 11.6 Å². The van der Waals surface area contributed by atoms with E-state index in [9.17, 15) is 14.0 Å². The van der Waals surface area contributed by atoms with E-state index in [1.807, 2.05) is 24.3 Å². The second-order valence-electron chi connectivity index (χ2n) is 8.34. The first-order valence-corrected chi connectivity index (χ1v) is 11.9. The van der Waals surface area contributed by atoms with Gasteiger partial charge < -0.3 is 16.0 Å². The summed E-state index contributed by atoms with van der Waals surface area (Å²) in [5, 5.41) is 13.5. The van der Waals surface area contributed by atoms with E-state index in [1.54, 1.807) is 38.4 Å². The van der Waals surface area contributed by atoms with Gasteiger partial charge in [-0.05, 0) is 74.3 Å². The van der Waals surface area contributed by atoms with Crippen molar-refractivity contribution < 1.29 is 14.0 Å². The second-order valence-corrected chi connectivity index (χ2v) is 8.78. The first kappa shape index (κ1) is 25.3. The van der Waals surface area contributed by atoms with Crippen molar-refractivity contribution in [3.63, 3.8) is 0 Å². The highest BCUT2D eigenvalue weighted by molar-refractivity contribution is 6.30. The molecule has 186 valence electrons. The Morgan fingerprint density at radius 3 is 2.64 bits per heavy atom. The fraction of sp³-hybridized carbons (Fsp3) is 0.231. The molecule has 2 heterocycles. The van der Waals surface area contributed by atoms with Crippen LogP contribution >= 0.6 is 11.6 Å². The van der Waals surface area contributed by atoms with Crippen LogP contribution in [0.5, 0.6) is 0 Å². The van der Waals surface area contributed by atoms with Crippen LogP contribution in [0.3, 0.4) is 0 Å². The standard InChI is InChI=1S/C26H26ClFN6O2/c1-16-20(26(36)30-11-3-4-17-5-7-19(27)8-6-17)12-18(13-21(16)28)22-9-10-24-31-23(15-34(24)33-22)32-25(35)14-29-2/h5-10,12-13,15,29H,3-4,11,14H2,1-2H3,(H,30,36)(H,32,35). The zero-order valence-corrected chi connectivity index (χ0v) is 20.7. The molecule has 4 aromatic rings. The number of halogens is 2. The first-order chi connectivity index (χ1) is 17.3. The van der Waals surface area contributed by atoms with Gasteiger partial charge in [-0.15, -0.1) is 0 Å². The van der Waals surface area contributed by atoms with Crippen LogP contribution in [0.25, 0.3) is 16.9 Å². The number of hydrogen-bond donors (Lipinski definition) is 3. The van der Waals surface area contributed by atoms with Crippen molar-refractivity contribution >= 4 is 34.9 Å². The highest BCUT2D eigenvalue weighted by Gasteiger charge is 2.16. The van der Waals surface area contributed by atoms with Crippen LogP contribution in [0.15, 0.2) is 54.7 Å². The topological polar surface area (TPSA) is 100 Å². The molecule has 0 aliphatic carbocycles. The molecule has 0 saturated heterocycles. The first-order valence-electron chi connectivity index (χ1n) is 11.5. The van der Waals surface area contributed by atoms with E-state index in [0.29, 0.717) is 34.3 Å². The number of carbonyl (C=O) groups excluding carboxylic acids is 2. The molecule has 0 aliphatic heterocycles. The molecule has 0 radical (unpaired) electrons. The normalized spacial score (nSPS) is 11.0. The highest BCUT2D eigenvalue weighted by Crippen LogP contribution is 2.24. The summed E-state index contributed by atoms with van der Waals surface area (Å²) in [7, 11) is 1.67. The molecule has 3 N–H and O–H groups in total. The number of nitrogens with zero attached hydrogens (tertiary/aromatic N) is 3. The van der Waals surface area contributed by atoms with Gasteiger partial charge in [0.25, 0.3) is 5.91 Å². The summed E-state index contributed by atoms with van der Waals surface area (Å²) in [5.74, 6) is -0.715. The van der Waals surface area contributed by atoms with Gasteiger partial charge >= 0.3 is 0 Å². The maximum absolute atomic E-state index is 14.8. The maximum atomic E-state index is 14.8. The van der Waals surface area contributed by atoms with Crippen LogP contribution in [0.4, 0.5) is 10.2 Å². The van der Waals surface area contributed by atoms with Gasteiger partial charge in [-0.2, -0.15) is 5.10 Å². The minimum absolute atomic E-state index is 0.154. The quantitative estimate of drug-likeness (QED) is 0.296. The molecule has 2 amide bonds. The number of carbonyl (C=O) groups is 2. The number of imidazole rings is 1. The largest absolute Gasteiger partial charge is 0.352 e. The molecule has 0 spiro atoms. The SMILES string of the molecule is CNCC(=O)Nc1cn2nc(-c3cc(F)c(C)c(C(=O)NCCCc4ccc(Cl)cc4)c3)ccc2n1. The molecular formula is C26H26ClFN6O2. The minimum Gasteiger partial charge on any atom is -0.352 e. The maximum Gasteiger partial charge on any atom is 0.251 e. The lowest BCUT2D eigenvalue weighted by Gasteiger charge is -2.11. The van der Waals surface area contributed by atoms with Gasteiger partial charge in [0.2, 0.25) is 5.91 Å². The molecule has 2 aromatic heterocycles. The number of benzene rings is 2. The van der Waals surface area contributed by atoms with Gasteiger partial charge in [0, 0.05) is 22.7 Å². The summed E-state index contributed by atoms with van der Waals surface area (Å²) in [6.45, 7) is 2.18. The highest BCUT2D eigenvalue weighted by atomic mass is 35.5. The van der Waals surface area contributed by atoms with Crippen LogP contribution in [0, 0.1) is 12.7 Å². The minimum atomic E-state index is -0.494. The lowest BCUT2D eigenvalue weighted by molar-refractivity contribution is -0.115. The van der Waals surface area contributed by atoms with Crippen LogP contribution < -0.4 is 16.0 Å². The van der Waals surface area contributed by atoms with Gasteiger partial charge in [-0.3, -0.25) is 9.59 Å². The molecular weight excluding hydrogens is 483 g/mol. The molecule has 2 aromatic carbocycles. The smallest absolute Gasteiger partial charge is 0.251 e. The number of nitrogens with one attached hydrogen (secondary N) is 3. The third kappa shape index (κ3) is 6.05. The number of likely N-dealkylation sites (N-methyl/N-ethyl adjacent to an activating group) is 1. The summed E-state index contributed by atoms with van der Waals surface area (Å²) in [6, 6.07) is 14.0. The summed E-state index contributed by atoms with van der Waals surface area (Å²) in [6.07, 6.45) is 3.10. The number of hydrogen-bond acceptors (Lipinski definition) is 5. The predicted molar refractivity (Wildman–Crippen MR) is 138 cm³/mol. The van der Waals surface area contributed by atoms with Crippen molar-refractivity contribution in [3.05, 3.63) is 82.3 Å². The zero-order chi connectivity index (χ0) is 25.7. The Bertz CT molecular complexity index is 1400. The van der Waals surface area contributed by atoms with E-state index in [0.717, 1.165) is 18.4 Å². The summed E-state index contributed by atoms with van der Waals surface area (Å²) >= 11 is 5.91. The number of amides is 2. The fourth-order valence-corrected chi connectivity index (χ4v) is 3.87. The average Bonchev–Trinajstić information content (AvgIpc) is 3.25. The van der Waals surface area contributed by atoms with Gasteiger partial charge in [-0.1, -0.05) is 23.7 Å². The number of aryl methyl sites for hydroxylation is 1. The molecule has 0 atom stereocenters. The van der Waals surface area contributed by atoms with Gasteiger partial charge in [-0.25, -0.2) is 13.9 Å². The van der Waals surface area contributed by atoms with Crippen molar-refractivity contribution in [2.24, 2.45) is 0 Å². The Morgan fingerprint density at radius 2 is 1.89 bits per heavy atom. The van der Waals surface area contributed by atoms with Crippen molar-refractivity contribution in [2.75, 3.05) is 25.5 Å². The molecule has 36 heavy (non-hydrogen) atoms. The predicted octanol–water partition coefficient (Wildman–Crippen LogP) is 4.02. The molecule has 0 aliphatic rings. The second kappa shape index (κ2) is 11.3. The molecule has 8 nitrogen and oxygen atoms in total. The third-order valence-corrected chi connectivity index (χ3v) is 5.90. The Labute approximate surface area is 212 Å². The molecule has 0 fully saturated rings. The van der Waals surface area contributed by atoms with E-state index >= 15 is 0 Å². The lowest BCUT2D eigenvalue weighted by Crippen LogP contribution is -2.26. The van der Waals surface area contributed by atoms with Gasteiger partial charge in [0.1, 0.15) is 5.82 Å². The molecule has 10 heteroatoms. The Morgan fingerprint density at radius 1 is 1.11 bits per heavy atom. The van der Waals surface area contributed by atoms with E-state index < -0.39 is 5.82 Å². The van der Waals surface area contributed by atoms with Crippen molar-refractivity contribution in [1.82, 2.24) is 25.2 Å². The van der Waals surface area contributed by atoms with Crippen LogP contribution in [0.2, 0.25) is 5.02 Å². The fourth-order valence-electron chi connectivity index (χ4n) is 3.75. The van der Waals surface area contributed by atoms with Gasteiger partial charge in [0.05, 0.1) is 18.4 Å². The van der Waals surface area contributed by atoms with Crippen LogP contribution in [0.1, 0.15) is 27.9 Å². The van der Waals surface area contributed by atoms with Crippen molar-refractivity contribution in [3.8, 4) is 11.3 Å². The van der Waals surface area contributed by atoms with Crippen LogP contribution in [-0.4, -0.2) is 46.5 Å². The number of aromatic nitrogens is 3. The Hall–Kier alpha value is -3.82. The average molecular weight is 509 g/mol. The molecule has 0 saturated carbocycles. The summed E-state index contributed by atoms with van der Waals surface area (Å²) in [4.78, 5) is 29.0. The van der Waals surface area contributed by atoms with E-state index in [-0.39, 0.29) is 29.5 Å². The number of rotatable bonds is 9. The lowest BCUT2D eigenvalue weighted by atomic mass is 10.0. The summed E-state index contributed by atoms with van der Waals surface area (Å²) in [5.41, 5.74) is 3.09. The Balaban J connectivity index is 1.47. The zero-order valence-electron chi connectivity index (χ0n) is 19.9. The number of fused-ring (bicyclic) bond motifs is 1. The van der Waals surface area contributed by atoms with Crippen LogP contribution in [-0.2, 0) is 11.2 Å². The Kier molecular flexibility index (Phi) is 7.92. The van der Waals surface area contributed by atoms with Crippen molar-refractivity contribution in [1.29, 1.82) is 0 Å². The number of anilines is 1. The summed E-state index contributed by atoms with van der Waals surface area (Å²) < 4.78 is 16.3.